The predicted molar refractivity (Wildman–Crippen MR) is 191 cm³/mol. The number of hydrogen-bond donors (Lipinski definition) is 4. The fraction of sp³-hybridized carbons (Fsp3) is 0.382. The first-order valence-electron chi connectivity index (χ1n) is 15.8. The Morgan fingerprint density at radius 2 is 1.84 bits per heavy atom. The summed E-state index contributed by atoms with van der Waals surface area (Å²) in [6.45, 7) is 3.50. The summed E-state index contributed by atoms with van der Waals surface area (Å²) in [7, 11) is -1.52. The van der Waals surface area contributed by atoms with E-state index in [1.807, 2.05) is 6.07 Å². The summed E-state index contributed by atoms with van der Waals surface area (Å²) in [5.41, 5.74) is -0.318. The molecule has 272 valence electrons. The standard InChI is InChI=1S/C34H38N4O10S3/c1-21-13-14-34(33(3,45)31(43)50-51(34)46)16-27(40)37-22(2)30-38-24(20-49-30)11-7-8-12-25(39)26(15-21)48-29(42)18-35-28(41)17-36-32(44)47-19-23-9-5-4-6-10-23/h4-12,15,20,22,26,45H,13-14,16-19H2,1-3H3,(H,35,41)(H,36,44)(H,37,40)/b11-7-,12-8+,21-15+/t22?,26?,33-,34+,51?/m0/s1. The van der Waals surface area contributed by atoms with Crippen molar-refractivity contribution in [3.63, 3.8) is 0 Å². The molecule has 5 atom stereocenters. The molecule has 3 heterocycles. The van der Waals surface area contributed by atoms with Crippen molar-refractivity contribution in [3.8, 4) is 0 Å². The zero-order valence-electron chi connectivity index (χ0n) is 28.0. The van der Waals surface area contributed by atoms with Crippen LogP contribution in [0.4, 0.5) is 4.79 Å². The zero-order valence-corrected chi connectivity index (χ0v) is 30.5. The van der Waals surface area contributed by atoms with Crippen molar-refractivity contribution in [1.29, 1.82) is 0 Å². The fourth-order valence-corrected chi connectivity index (χ4v) is 9.81. The van der Waals surface area contributed by atoms with Gasteiger partial charge in [-0.1, -0.05) is 48.1 Å². The maximum Gasteiger partial charge on any atom is 0.407 e. The number of nitrogens with zero attached hydrogens (tertiary/aromatic N) is 1. The molecule has 2 aliphatic heterocycles. The van der Waals surface area contributed by atoms with Crippen LogP contribution in [-0.2, 0) is 50.3 Å². The molecule has 14 nitrogen and oxygen atoms in total. The topological polar surface area (TPSA) is 213 Å². The molecule has 1 aromatic heterocycles. The third-order valence-corrected chi connectivity index (χ3v) is 13.1. The van der Waals surface area contributed by atoms with Gasteiger partial charge >= 0.3 is 12.1 Å². The molecule has 2 aromatic rings. The van der Waals surface area contributed by atoms with E-state index in [0.717, 1.165) is 5.56 Å². The van der Waals surface area contributed by atoms with E-state index in [9.17, 15) is 38.4 Å². The molecule has 1 fully saturated rings. The largest absolute Gasteiger partial charge is 0.604 e. The van der Waals surface area contributed by atoms with E-state index in [0.29, 0.717) is 27.1 Å². The van der Waals surface area contributed by atoms with Gasteiger partial charge in [-0.25, -0.2) is 9.78 Å². The summed E-state index contributed by atoms with van der Waals surface area (Å²) in [5.74, 6) is -2.82. The van der Waals surface area contributed by atoms with Crippen LogP contribution < -0.4 is 16.0 Å². The van der Waals surface area contributed by atoms with Crippen molar-refractivity contribution in [3.05, 3.63) is 81.9 Å². The van der Waals surface area contributed by atoms with Crippen molar-refractivity contribution >= 4 is 73.2 Å². The molecule has 1 spiro atoms. The fourth-order valence-electron chi connectivity index (χ4n) is 5.07. The van der Waals surface area contributed by atoms with Crippen LogP contribution in [-0.4, -0.2) is 79.0 Å². The third kappa shape index (κ3) is 10.6. The maximum atomic E-state index is 13.4. The van der Waals surface area contributed by atoms with Gasteiger partial charge in [0.05, 0.1) is 18.2 Å². The molecule has 3 unspecified atom stereocenters. The van der Waals surface area contributed by atoms with E-state index in [1.54, 1.807) is 55.6 Å². The SMILES string of the molecule is C/C1=C\C(OC(=O)CNC(=O)CNC(=O)OCc2ccccc2)C(=O)/C=C/C=C\c2csc(n2)C(C)NC(=O)C[C@@]2(CC1)[S+]([O-])SC(=O)[C@]2(C)O. The highest BCUT2D eigenvalue weighted by Crippen LogP contribution is 2.53. The Bertz CT molecular complexity index is 1730. The first-order valence-corrected chi connectivity index (χ1v) is 19.1. The van der Waals surface area contributed by atoms with Gasteiger partial charge in [-0.2, -0.15) is 0 Å². The smallest absolute Gasteiger partial charge is 0.407 e. The van der Waals surface area contributed by atoms with Crippen LogP contribution in [0, 0.1) is 0 Å². The molecule has 51 heavy (non-hydrogen) atoms. The first kappa shape index (κ1) is 39.5. The van der Waals surface area contributed by atoms with Crippen molar-refractivity contribution < 1.29 is 47.9 Å². The lowest BCUT2D eigenvalue weighted by molar-refractivity contribution is -0.150. The number of aliphatic hydroxyl groups is 1. The minimum absolute atomic E-state index is 0.00284. The van der Waals surface area contributed by atoms with Crippen LogP contribution in [0.5, 0.6) is 0 Å². The summed E-state index contributed by atoms with van der Waals surface area (Å²) in [6.07, 6.45) is 4.51. The lowest BCUT2D eigenvalue weighted by Crippen LogP contribution is -2.56. The van der Waals surface area contributed by atoms with E-state index in [2.05, 4.69) is 20.9 Å². The number of alkyl carbamates (subject to hydrolysis) is 1. The van der Waals surface area contributed by atoms with Gasteiger partial charge in [-0.3, -0.25) is 24.0 Å². The Morgan fingerprint density at radius 3 is 2.55 bits per heavy atom. The number of rotatable bonds is 7. The normalized spacial score (nSPS) is 28.0. The van der Waals surface area contributed by atoms with Gasteiger partial charge in [0.25, 0.3) is 5.12 Å². The van der Waals surface area contributed by atoms with Gasteiger partial charge in [0.15, 0.2) is 33.0 Å². The lowest BCUT2D eigenvalue weighted by atomic mass is 9.81. The number of hydrogen-bond acceptors (Lipinski definition) is 13. The van der Waals surface area contributed by atoms with Gasteiger partial charge < -0.3 is 35.1 Å². The Kier molecular flexibility index (Phi) is 13.8. The second kappa shape index (κ2) is 17.8. The first-order chi connectivity index (χ1) is 24.2. The number of carbonyl (C=O) groups excluding carboxylic acids is 6. The van der Waals surface area contributed by atoms with Crippen LogP contribution in [0.25, 0.3) is 6.08 Å². The quantitative estimate of drug-likeness (QED) is 0.139. The highest BCUT2D eigenvalue weighted by Gasteiger charge is 2.69. The molecule has 4 rings (SSSR count). The molecule has 4 N–H and O–H groups in total. The van der Waals surface area contributed by atoms with Gasteiger partial charge in [-0.15, -0.1) is 11.3 Å². The Morgan fingerprint density at radius 1 is 1.12 bits per heavy atom. The van der Waals surface area contributed by atoms with E-state index >= 15 is 0 Å². The summed E-state index contributed by atoms with van der Waals surface area (Å²) >= 11 is 1.29. The minimum Gasteiger partial charge on any atom is -0.604 e. The van der Waals surface area contributed by atoms with Gasteiger partial charge in [-0.05, 0) is 51.0 Å². The number of ether oxygens (including phenoxy) is 2. The second-order valence-electron chi connectivity index (χ2n) is 12.0. The monoisotopic (exact) mass is 758 g/mol. The second-order valence-corrected chi connectivity index (χ2v) is 16.1. The van der Waals surface area contributed by atoms with Crippen LogP contribution in [0.15, 0.2) is 65.6 Å². The lowest BCUT2D eigenvalue weighted by Gasteiger charge is -2.35. The van der Waals surface area contributed by atoms with Gasteiger partial charge in [0, 0.05) is 22.0 Å². The predicted octanol–water partition coefficient (Wildman–Crippen LogP) is 2.97. The summed E-state index contributed by atoms with van der Waals surface area (Å²) in [6, 6.07) is 8.42. The minimum atomic E-state index is -2.11. The van der Waals surface area contributed by atoms with Crippen molar-refractivity contribution in [1.82, 2.24) is 20.9 Å². The zero-order chi connectivity index (χ0) is 37.2. The highest BCUT2D eigenvalue weighted by atomic mass is 33.1. The number of ketones is 1. The number of benzene rings is 1. The number of thiazole rings is 1. The number of carbonyl (C=O) groups is 6. The van der Waals surface area contributed by atoms with Crippen LogP contribution in [0.3, 0.4) is 0 Å². The molecule has 0 aliphatic carbocycles. The number of allylic oxidation sites excluding steroid dienone is 3. The molecule has 2 bridgehead atoms. The summed E-state index contributed by atoms with van der Waals surface area (Å²) in [5, 5.41) is 20.3. The molecule has 3 amide bonds. The van der Waals surface area contributed by atoms with Gasteiger partial charge in [0.1, 0.15) is 24.7 Å². The third-order valence-electron chi connectivity index (χ3n) is 8.06. The van der Waals surface area contributed by atoms with Crippen LogP contribution >= 0.6 is 22.1 Å². The Hall–Kier alpha value is -4.29. The van der Waals surface area contributed by atoms with Crippen molar-refractivity contribution in [2.24, 2.45) is 0 Å². The molecule has 0 radical (unpaired) electrons. The van der Waals surface area contributed by atoms with Crippen LogP contribution in [0.1, 0.15) is 62.3 Å². The molecule has 17 heteroatoms. The molecule has 2 aliphatic rings. The van der Waals surface area contributed by atoms with E-state index in [1.165, 1.54) is 36.5 Å². The molecular weight excluding hydrogens is 721 g/mol. The number of esters is 1. The van der Waals surface area contributed by atoms with Gasteiger partial charge in [0.2, 0.25) is 11.8 Å². The van der Waals surface area contributed by atoms with E-state index < -0.39 is 87.0 Å². The molecule has 1 saturated heterocycles. The average molecular weight is 759 g/mol. The highest BCUT2D eigenvalue weighted by molar-refractivity contribution is 8.79. The van der Waals surface area contributed by atoms with Crippen molar-refractivity contribution in [2.75, 3.05) is 13.1 Å². The number of nitrogens with one attached hydrogen (secondary N) is 3. The summed E-state index contributed by atoms with van der Waals surface area (Å²) in [4.78, 5) is 80.7. The van der Waals surface area contributed by atoms with Crippen LogP contribution in [0.2, 0.25) is 0 Å². The average Bonchev–Trinajstić information content (AvgIpc) is 3.63. The summed E-state index contributed by atoms with van der Waals surface area (Å²) < 4.78 is 22.2. The number of aromatic nitrogens is 1. The molecule has 1 aromatic carbocycles. The maximum absolute atomic E-state index is 13.4. The molecule has 0 saturated carbocycles. The van der Waals surface area contributed by atoms with E-state index in [4.69, 9.17) is 9.47 Å². The Labute approximate surface area is 305 Å². The number of amides is 3. The van der Waals surface area contributed by atoms with Crippen molar-refractivity contribution in [2.45, 2.75) is 69.1 Å². The molecular formula is C34H38N4O10S3. The number of fused-ring (bicyclic) bond motifs is 2. The Balaban J connectivity index is 1.46. The van der Waals surface area contributed by atoms with E-state index in [-0.39, 0.29) is 19.4 Å².